The monoisotopic (exact) mass is 217 g/mol. The van der Waals surface area contributed by atoms with Crippen LogP contribution in [-0.2, 0) is 11.3 Å². The summed E-state index contributed by atoms with van der Waals surface area (Å²) in [7, 11) is 0. The van der Waals surface area contributed by atoms with Crippen LogP contribution in [0.2, 0.25) is 0 Å². The van der Waals surface area contributed by atoms with Gasteiger partial charge in [-0.1, -0.05) is 37.3 Å². The van der Waals surface area contributed by atoms with Gasteiger partial charge in [0, 0.05) is 26.1 Å². The summed E-state index contributed by atoms with van der Waals surface area (Å²) in [4.78, 5) is 13.0. The van der Waals surface area contributed by atoms with Gasteiger partial charge in [0.1, 0.15) is 6.29 Å². The number of nitrogens with zero attached hydrogens (tertiary/aromatic N) is 1. The second kappa shape index (κ2) is 5.26. The van der Waals surface area contributed by atoms with E-state index in [0.717, 1.165) is 25.9 Å². The van der Waals surface area contributed by atoms with E-state index in [9.17, 15) is 4.79 Å². The zero-order valence-electron chi connectivity index (χ0n) is 9.80. The number of benzene rings is 1. The minimum atomic E-state index is 0.557. The van der Waals surface area contributed by atoms with Crippen molar-refractivity contribution >= 4 is 6.29 Å². The molecule has 2 heteroatoms. The first-order valence-electron chi connectivity index (χ1n) is 5.99. The smallest absolute Gasteiger partial charge is 0.120 e. The van der Waals surface area contributed by atoms with Crippen LogP contribution in [-0.4, -0.2) is 24.3 Å². The van der Waals surface area contributed by atoms with Crippen molar-refractivity contribution in [2.24, 2.45) is 11.8 Å². The second-order valence-electron chi connectivity index (χ2n) is 4.82. The lowest BCUT2D eigenvalue weighted by molar-refractivity contribution is -0.108. The molecule has 0 amide bonds. The Morgan fingerprint density at radius 2 is 2.06 bits per heavy atom. The average Bonchev–Trinajstić information content (AvgIpc) is 2.61. The Bertz CT molecular complexity index is 336. The molecule has 0 N–H and O–H groups in total. The third-order valence-corrected chi connectivity index (χ3v) is 3.49. The van der Waals surface area contributed by atoms with E-state index in [1.54, 1.807) is 0 Å². The van der Waals surface area contributed by atoms with Crippen LogP contribution in [0.1, 0.15) is 18.9 Å². The van der Waals surface area contributed by atoms with Gasteiger partial charge in [-0.2, -0.15) is 0 Å². The molecule has 1 aliphatic heterocycles. The summed E-state index contributed by atoms with van der Waals surface area (Å²) in [6, 6.07) is 10.5. The molecular weight excluding hydrogens is 198 g/mol. The van der Waals surface area contributed by atoms with E-state index in [2.05, 4.69) is 36.1 Å². The molecule has 0 aromatic heterocycles. The third kappa shape index (κ3) is 2.70. The predicted molar refractivity (Wildman–Crippen MR) is 65.1 cm³/mol. The van der Waals surface area contributed by atoms with E-state index < -0.39 is 0 Å². The van der Waals surface area contributed by atoms with Crippen molar-refractivity contribution in [3.8, 4) is 0 Å². The fourth-order valence-corrected chi connectivity index (χ4v) is 2.54. The van der Waals surface area contributed by atoms with Crippen LogP contribution in [0.4, 0.5) is 0 Å². The van der Waals surface area contributed by atoms with Gasteiger partial charge in [0.2, 0.25) is 0 Å². The number of rotatable bonds is 4. The summed E-state index contributed by atoms with van der Waals surface area (Å²) >= 11 is 0. The van der Waals surface area contributed by atoms with Gasteiger partial charge in [0.25, 0.3) is 0 Å². The molecule has 1 aromatic rings. The van der Waals surface area contributed by atoms with Crippen molar-refractivity contribution in [2.45, 2.75) is 19.9 Å². The maximum Gasteiger partial charge on any atom is 0.120 e. The zero-order chi connectivity index (χ0) is 11.4. The number of aldehydes is 1. The maximum atomic E-state index is 10.6. The molecule has 1 aromatic carbocycles. The van der Waals surface area contributed by atoms with Crippen LogP contribution in [0.25, 0.3) is 0 Å². The van der Waals surface area contributed by atoms with E-state index in [-0.39, 0.29) is 0 Å². The number of carbonyl (C=O) groups excluding carboxylic acids is 1. The van der Waals surface area contributed by atoms with Gasteiger partial charge < -0.3 is 4.79 Å². The molecule has 1 fully saturated rings. The van der Waals surface area contributed by atoms with Crippen LogP contribution >= 0.6 is 0 Å². The van der Waals surface area contributed by atoms with Crippen LogP contribution in [0.5, 0.6) is 0 Å². The molecule has 1 aliphatic rings. The molecule has 0 bridgehead atoms. The number of hydrogen-bond acceptors (Lipinski definition) is 2. The van der Waals surface area contributed by atoms with E-state index in [1.165, 1.54) is 5.56 Å². The highest BCUT2D eigenvalue weighted by atomic mass is 16.1. The zero-order valence-corrected chi connectivity index (χ0v) is 9.80. The second-order valence-corrected chi connectivity index (χ2v) is 4.82. The van der Waals surface area contributed by atoms with Crippen molar-refractivity contribution in [2.75, 3.05) is 13.1 Å². The van der Waals surface area contributed by atoms with Crippen molar-refractivity contribution in [3.05, 3.63) is 35.9 Å². The number of carbonyl (C=O) groups is 1. The Morgan fingerprint density at radius 3 is 2.75 bits per heavy atom. The normalized spacial score (nSPS) is 25.8. The molecule has 2 nitrogen and oxygen atoms in total. The van der Waals surface area contributed by atoms with Crippen molar-refractivity contribution in [1.29, 1.82) is 0 Å². The Hall–Kier alpha value is -1.15. The molecule has 1 heterocycles. The van der Waals surface area contributed by atoms with Crippen LogP contribution < -0.4 is 0 Å². The fraction of sp³-hybridized carbons (Fsp3) is 0.500. The van der Waals surface area contributed by atoms with E-state index in [0.29, 0.717) is 18.3 Å². The Balaban J connectivity index is 1.91. The highest BCUT2D eigenvalue weighted by Crippen LogP contribution is 2.26. The highest BCUT2D eigenvalue weighted by Gasteiger charge is 2.28. The molecule has 0 spiro atoms. The Kier molecular flexibility index (Phi) is 3.73. The van der Waals surface area contributed by atoms with Crippen molar-refractivity contribution in [1.82, 2.24) is 4.90 Å². The van der Waals surface area contributed by atoms with Crippen LogP contribution in [0.15, 0.2) is 30.3 Å². The Morgan fingerprint density at radius 1 is 1.31 bits per heavy atom. The summed E-state index contributed by atoms with van der Waals surface area (Å²) in [6.45, 7) is 5.45. The maximum absolute atomic E-state index is 10.6. The standard InChI is InChI=1S/C14H19NO/c1-12-9-15(11-14(12)7-8-16)10-13-5-3-2-4-6-13/h2-6,8,12,14H,7,9-11H2,1H3. The van der Waals surface area contributed by atoms with Gasteiger partial charge >= 0.3 is 0 Å². The summed E-state index contributed by atoms with van der Waals surface area (Å²) < 4.78 is 0. The van der Waals surface area contributed by atoms with Crippen LogP contribution in [0.3, 0.4) is 0 Å². The SMILES string of the molecule is CC1CN(Cc2ccccc2)CC1CC=O. The molecule has 2 atom stereocenters. The molecular formula is C14H19NO. The molecule has 0 aliphatic carbocycles. The lowest BCUT2D eigenvalue weighted by Crippen LogP contribution is -2.20. The molecule has 0 saturated carbocycles. The summed E-state index contributed by atoms with van der Waals surface area (Å²) in [5.41, 5.74) is 1.36. The van der Waals surface area contributed by atoms with Crippen molar-refractivity contribution < 1.29 is 4.79 Å². The molecule has 1 saturated heterocycles. The molecule has 16 heavy (non-hydrogen) atoms. The predicted octanol–water partition coefficient (Wildman–Crippen LogP) is 2.34. The van der Waals surface area contributed by atoms with Crippen LogP contribution in [0, 0.1) is 11.8 Å². The lowest BCUT2D eigenvalue weighted by Gasteiger charge is -2.15. The minimum Gasteiger partial charge on any atom is -0.303 e. The fourth-order valence-electron chi connectivity index (χ4n) is 2.54. The van der Waals surface area contributed by atoms with Gasteiger partial charge in [-0.05, 0) is 17.4 Å². The summed E-state index contributed by atoms with van der Waals surface area (Å²) in [5, 5.41) is 0. The first-order valence-corrected chi connectivity index (χ1v) is 5.99. The minimum absolute atomic E-state index is 0.557. The molecule has 86 valence electrons. The first-order chi connectivity index (χ1) is 7.79. The van der Waals surface area contributed by atoms with Gasteiger partial charge in [-0.3, -0.25) is 4.90 Å². The van der Waals surface area contributed by atoms with Gasteiger partial charge in [-0.25, -0.2) is 0 Å². The number of hydrogen-bond donors (Lipinski definition) is 0. The largest absolute Gasteiger partial charge is 0.303 e. The molecule has 0 radical (unpaired) electrons. The molecule has 2 unspecified atom stereocenters. The first kappa shape index (κ1) is 11.3. The van der Waals surface area contributed by atoms with Gasteiger partial charge in [0.05, 0.1) is 0 Å². The van der Waals surface area contributed by atoms with Gasteiger partial charge in [-0.15, -0.1) is 0 Å². The lowest BCUT2D eigenvalue weighted by atomic mass is 9.96. The van der Waals surface area contributed by atoms with Crippen molar-refractivity contribution in [3.63, 3.8) is 0 Å². The highest BCUT2D eigenvalue weighted by molar-refractivity contribution is 5.50. The van der Waals surface area contributed by atoms with Gasteiger partial charge in [0.15, 0.2) is 0 Å². The third-order valence-electron chi connectivity index (χ3n) is 3.49. The number of likely N-dealkylation sites (tertiary alicyclic amines) is 1. The summed E-state index contributed by atoms with van der Waals surface area (Å²) in [6.07, 6.45) is 1.78. The molecule has 2 rings (SSSR count). The summed E-state index contributed by atoms with van der Waals surface area (Å²) in [5.74, 6) is 1.20. The topological polar surface area (TPSA) is 20.3 Å². The van der Waals surface area contributed by atoms with E-state index in [1.807, 2.05) is 6.07 Å². The average molecular weight is 217 g/mol. The Labute approximate surface area is 97.3 Å². The van der Waals surface area contributed by atoms with E-state index in [4.69, 9.17) is 0 Å². The quantitative estimate of drug-likeness (QED) is 0.721. The van der Waals surface area contributed by atoms with E-state index >= 15 is 0 Å².